The highest BCUT2D eigenvalue weighted by atomic mass is 31.2. The van der Waals surface area contributed by atoms with Crippen LogP contribution in [0.25, 0.3) is 0 Å². The first-order valence-electron chi connectivity index (χ1n) is 34.9. The van der Waals surface area contributed by atoms with Crippen molar-refractivity contribution in [2.24, 2.45) is 0 Å². The number of nitrogens with one attached hydrogen (secondary N) is 1. The number of likely N-dealkylation sites (N-methyl/N-ethyl adjacent to an activating group) is 1. The van der Waals surface area contributed by atoms with Gasteiger partial charge in [-0.05, 0) is 89.9 Å². The summed E-state index contributed by atoms with van der Waals surface area (Å²) in [5.41, 5.74) is 0. The third-order valence-corrected chi connectivity index (χ3v) is 16.2. The van der Waals surface area contributed by atoms with Gasteiger partial charge in [0.25, 0.3) is 0 Å². The number of phosphoric ester groups is 1. The van der Waals surface area contributed by atoms with Gasteiger partial charge in [-0.1, -0.05) is 322 Å². The summed E-state index contributed by atoms with van der Waals surface area (Å²) >= 11 is 0. The number of unbranched alkanes of at least 4 members (excludes halogenated alkanes) is 32. The van der Waals surface area contributed by atoms with E-state index in [9.17, 15) is 19.4 Å². The molecule has 0 aromatic rings. The van der Waals surface area contributed by atoms with Gasteiger partial charge in [0.1, 0.15) is 13.2 Å². The minimum atomic E-state index is -4.36. The summed E-state index contributed by atoms with van der Waals surface area (Å²) in [6.07, 6.45) is 96.2. The summed E-state index contributed by atoms with van der Waals surface area (Å²) in [5, 5.41) is 14.0. The maximum atomic E-state index is 13.0. The lowest BCUT2D eigenvalue weighted by molar-refractivity contribution is -0.870. The number of aliphatic hydroxyl groups is 1. The van der Waals surface area contributed by atoms with Gasteiger partial charge in [0, 0.05) is 6.42 Å². The molecule has 0 saturated carbocycles. The smallest absolute Gasteiger partial charge is 0.387 e. The first kappa shape index (κ1) is 80.9. The molecule has 3 atom stereocenters. The maximum absolute atomic E-state index is 13.0. The van der Waals surface area contributed by atoms with E-state index < -0.39 is 20.0 Å². The van der Waals surface area contributed by atoms with E-state index in [2.05, 4.69) is 129 Å². The van der Waals surface area contributed by atoms with Crippen molar-refractivity contribution in [2.45, 2.75) is 309 Å². The number of aliphatic hydroxyl groups excluding tert-OH is 1. The highest BCUT2D eigenvalue weighted by Gasteiger charge is 2.28. The molecule has 9 heteroatoms. The van der Waals surface area contributed by atoms with Crippen LogP contribution in [0.5, 0.6) is 0 Å². The van der Waals surface area contributed by atoms with Crippen LogP contribution in [0, 0.1) is 0 Å². The van der Waals surface area contributed by atoms with Crippen LogP contribution in [0.4, 0.5) is 0 Å². The third kappa shape index (κ3) is 66.4. The van der Waals surface area contributed by atoms with Crippen molar-refractivity contribution in [3.05, 3.63) is 122 Å². The molecule has 0 bridgehead atoms. The number of carbonyl (C=O) groups excluding carboxylic acids is 1. The summed E-state index contributed by atoms with van der Waals surface area (Å²) < 4.78 is 23.8. The Morgan fingerprint density at radius 1 is 0.417 bits per heavy atom. The van der Waals surface area contributed by atoms with Crippen molar-refractivity contribution >= 4 is 13.7 Å². The highest BCUT2D eigenvalue weighted by molar-refractivity contribution is 7.47. The van der Waals surface area contributed by atoms with Gasteiger partial charge in [0.2, 0.25) is 5.91 Å². The fourth-order valence-electron chi connectivity index (χ4n) is 9.80. The Labute approximate surface area is 520 Å². The van der Waals surface area contributed by atoms with Crippen molar-refractivity contribution < 1.29 is 32.9 Å². The first-order valence-corrected chi connectivity index (χ1v) is 36.4. The standard InChI is InChI=1S/C75H133N2O6P/c1-6-8-10-12-14-16-18-20-22-24-26-28-29-30-31-32-33-34-35-36-37-38-39-40-41-42-43-44-45-46-47-49-51-53-55-57-59-61-63-65-67-69-75(79)76-73(72-83-84(80,81)82-71-70-77(3,4)5)74(78)68-66-64-62-60-58-56-54-52-50-48-27-25-23-21-19-17-15-13-11-9-7-2/h8,10,14,16,20,22,26,28,30-31,33-34,36-37,39-40,42-43,66,68,73-74,78H,6-7,9,11-13,15,17-19,21,23-25,27,29,32,35,38,41,44-65,67,69-72H2,1-5H3,(H-,76,79,80,81)/p+1/b10-8-,16-14-,22-20-,28-26-,31-30-,34-33-,37-36-,40-39-,43-42-,68-66+. The van der Waals surface area contributed by atoms with Crippen LogP contribution in [0.2, 0.25) is 0 Å². The van der Waals surface area contributed by atoms with Gasteiger partial charge in [-0.3, -0.25) is 13.8 Å². The van der Waals surface area contributed by atoms with Crippen LogP contribution < -0.4 is 5.32 Å². The second-order valence-corrected chi connectivity index (χ2v) is 26.0. The minimum Gasteiger partial charge on any atom is -0.387 e. The molecule has 0 aromatic carbocycles. The Morgan fingerprint density at radius 2 is 0.714 bits per heavy atom. The Bertz CT molecular complexity index is 1780. The second-order valence-electron chi connectivity index (χ2n) is 24.5. The monoisotopic (exact) mass is 1190 g/mol. The SMILES string of the molecule is CC/C=C\C/C=C\C/C=C\C/C=C\C/C=C\C/C=C\C/C=C\C/C=C\C/C=C\CCCCCCCCCCCCCCCC(=O)NC(COP(=O)(O)OCC[N+](C)(C)C)C(O)/C=C/CCCCCCCCCCCCCCCCCCCCC. The fraction of sp³-hybridized carbons (Fsp3) is 0.720. The molecule has 484 valence electrons. The van der Waals surface area contributed by atoms with Gasteiger partial charge in [0.05, 0.1) is 39.9 Å². The molecule has 0 saturated heterocycles. The van der Waals surface area contributed by atoms with E-state index in [0.29, 0.717) is 17.4 Å². The molecule has 0 aliphatic rings. The number of hydrogen-bond donors (Lipinski definition) is 3. The number of carbonyl (C=O) groups is 1. The molecular weight excluding hydrogens is 1060 g/mol. The third-order valence-electron chi connectivity index (χ3n) is 15.2. The molecular formula is C75H134N2O6P+. The van der Waals surface area contributed by atoms with Crippen LogP contribution in [-0.4, -0.2) is 73.4 Å². The molecule has 3 N–H and O–H groups in total. The average Bonchev–Trinajstić information content (AvgIpc) is 3.56. The molecule has 0 fully saturated rings. The molecule has 3 unspecified atom stereocenters. The molecule has 0 rings (SSSR count). The fourth-order valence-corrected chi connectivity index (χ4v) is 10.5. The number of amides is 1. The van der Waals surface area contributed by atoms with Crippen LogP contribution >= 0.6 is 7.82 Å². The van der Waals surface area contributed by atoms with Crippen LogP contribution in [0.1, 0.15) is 296 Å². The number of allylic oxidation sites excluding steroid dienone is 19. The molecule has 0 heterocycles. The number of quaternary nitrogens is 1. The quantitative estimate of drug-likeness (QED) is 0.0243. The van der Waals surface area contributed by atoms with E-state index in [4.69, 9.17) is 9.05 Å². The van der Waals surface area contributed by atoms with Gasteiger partial charge >= 0.3 is 7.82 Å². The zero-order valence-corrected chi connectivity index (χ0v) is 56.3. The topological polar surface area (TPSA) is 105 Å². The average molecular weight is 1190 g/mol. The lowest BCUT2D eigenvalue weighted by atomic mass is 10.0. The normalized spacial score (nSPS) is 14.4. The first-order chi connectivity index (χ1) is 41.0. The van der Waals surface area contributed by atoms with Crippen molar-refractivity contribution in [1.82, 2.24) is 5.32 Å². The molecule has 0 aromatic heterocycles. The zero-order valence-electron chi connectivity index (χ0n) is 55.4. The molecule has 0 spiro atoms. The zero-order chi connectivity index (χ0) is 61.2. The lowest BCUT2D eigenvalue weighted by Gasteiger charge is -2.25. The summed E-state index contributed by atoms with van der Waals surface area (Å²) in [6.45, 7) is 4.72. The van der Waals surface area contributed by atoms with Crippen LogP contribution in [0.3, 0.4) is 0 Å². The Hall–Kier alpha value is -3.10. The van der Waals surface area contributed by atoms with E-state index in [1.807, 2.05) is 27.2 Å². The van der Waals surface area contributed by atoms with Crippen molar-refractivity contribution in [2.75, 3.05) is 40.9 Å². The number of phosphoric acid groups is 1. The Kier molecular flexibility index (Phi) is 62.0. The molecule has 0 aliphatic heterocycles. The number of rotatable bonds is 63. The number of nitrogens with zero attached hydrogens (tertiary/aromatic N) is 1. The Balaban J connectivity index is 4.07. The molecule has 84 heavy (non-hydrogen) atoms. The molecule has 0 aliphatic carbocycles. The van der Waals surface area contributed by atoms with Gasteiger partial charge in [-0.25, -0.2) is 4.57 Å². The van der Waals surface area contributed by atoms with Crippen molar-refractivity contribution in [3.8, 4) is 0 Å². The molecule has 8 nitrogen and oxygen atoms in total. The summed E-state index contributed by atoms with van der Waals surface area (Å²) in [7, 11) is 1.57. The van der Waals surface area contributed by atoms with Gasteiger partial charge in [-0.15, -0.1) is 0 Å². The highest BCUT2D eigenvalue weighted by Crippen LogP contribution is 2.43. The van der Waals surface area contributed by atoms with E-state index in [0.717, 1.165) is 96.3 Å². The molecule has 0 radical (unpaired) electrons. The minimum absolute atomic E-state index is 0.0577. The Morgan fingerprint density at radius 3 is 1.05 bits per heavy atom. The predicted octanol–water partition coefficient (Wildman–Crippen LogP) is 22.4. The van der Waals surface area contributed by atoms with E-state index in [1.165, 1.54) is 180 Å². The maximum Gasteiger partial charge on any atom is 0.472 e. The number of hydrogen-bond acceptors (Lipinski definition) is 5. The van der Waals surface area contributed by atoms with E-state index in [1.54, 1.807) is 6.08 Å². The largest absolute Gasteiger partial charge is 0.472 e. The van der Waals surface area contributed by atoms with E-state index in [-0.39, 0.29) is 19.1 Å². The van der Waals surface area contributed by atoms with E-state index >= 15 is 0 Å². The van der Waals surface area contributed by atoms with Crippen molar-refractivity contribution in [3.63, 3.8) is 0 Å². The predicted molar refractivity (Wildman–Crippen MR) is 368 cm³/mol. The summed E-state index contributed by atoms with van der Waals surface area (Å²) in [4.78, 5) is 23.4. The van der Waals surface area contributed by atoms with Gasteiger partial charge in [-0.2, -0.15) is 0 Å². The summed E-state index contributed by atoms with van der Waals surface area (Å²) in [5.74, 6) is -0.179. The molecule has 1 amide bonds. The second kappa shape index (κ2) is 64.4. The van der Waals surface area contributed by atoms with Crippen LogP contribution in [-0.2, 0) is 18.4 Å². The van der Waals surface area contributed by atoms with Crippen molar-refractivity contribution in [1.29, 1.82) is 0 Å². The summed E-state index contributed by atoms with van der Waals surface area (Å²) in [6, 6.07) is -0.855. The van der Waals surface area contributed by atoms with Gasteiger partial charge < -0.3 is 19.8 Å². The lowest BCUT2D eigenvalue weighted by Crippen LogP contribution is -2.45. The van der Waals surface area contributed by atoms with Gasteiger partial charge in [0.15, 0.2) is 0 Å². The van der Waals surface area contributed by atoms with Crippen LogP contribution in [0.15, 0.2) is 122 Å².